The Morgan fingerprint density at radius 3 is 2.67 bits per heavy atom. The minimum absolute atomic E-state index is 0.0349. The van der Waals surface area contributed by atoms with E-state index in [-0.39, 0.29) is 23.1 Å². The predicted molar refractivity (Wildman–Crippen MR) is 79.5 cm³/mol. The molecule has 7 heteroatoms. The number of amides is 1. The first-order valence-electron chi connectivity index (χ1n) is 6.47. The van der Waals surface area contributed by atoms with Gasteiger partial charge in [0.05, 0.1) is 11.0 Å². The summed E-state index contributed by atoms with van der Waals surface area (Å²) in [7, 11) is 0. The highest BCUT2D eigenvalue weighted by atomic mass is 32.2. The molecule has 0 spiro atoms. The molecule has 1 heterocycles. The van der Waals surface area contributed by atoms with Gasteiger partial charge in [0.2, 0.25) is 5.91 Å². The van der Waals surface area contributed by atoms with Gasteiger partial charge in [0.15, 0.2) is 5.16 Å². The van der Waals surface area contributed by atoms with Crippen LogP contribution in [0.1, 0.15) is 20.8 Å². The zero-order valence-electron chi connectivity index (χ0n) is 12.1. The van der Waals surface area contributed by atoms with Crippen LogP contribution >= 0.6 is 11.8 Å². The second kappa shape index (κ2) is 6.01. The van der Waals surface area contributed by atoms with Crippen molar-refractivity contribution in [2.24, 2.45) is 0 Å². The van der Waals surface area contributed by atoms with E-state index in [1.807, 2.05) is 20.8 Å². The van der Waals surface area contributed by atoms with Gasteiger partial charge in [-0.05, 0) is 44.7 Å². The lowest BCUT2D eigenvalue weighted by Crippen LogP contribution is -2.42. The molecular weight excluding hydrogens is 296 g/mol. The van der Waals surface area contributed by atoms with Gasteiger partial charge in [-0.15, -0.1) is 0 Å². The quantitative estimate of drug-likeness (QED) is 0.881. The highest BCUT2D eigenvalue weighted by Gasteiger charge is 2.19. The number of para-hydroxylation sites is 2. The van der Waals surface area contributed by atoms with Crippen molar-refractivity contribution in [3.63, 3.8) is 0 Å². The molecule has 114 valence electrons. The first-order valence-corrected chi connectivity index (χ1v) is 7.35. The van der Waals surface area contributed by atoms with Crippen LogP contribution < -0.4 is 5.32 Å². The van der Waals surface area contributed by atoms with E-state index in [1.165, 1.54) is 4.57 Å². The van der Waals surface area contributed by atoms with Gasteiger partial charge in [-0.25, -0.2) is 4.98 Å². The molecule has 0 unspecified atom stereocenters. The molecule has 1 aromatic heterocycles. The second-order valence-electron chi connectivity index (χ2n) is 5.65. The lowest BCUT2D eigenvalue weighted by atomic mass is 10.1. The molecule has 1 aromatic carbocycles. The fourth-order valence-electron chi connectivity index (χ4n) is 1.98. The van der Waals surface area contributed by atoms with Gasteiger partial charge in [-0.3, -0.25) is 4.79 Å². The third kappa shape index (κ3) is 4.17. The average molecular weight is 313 g/mol. The van der Waals surface area contributed by atoms with Gasteiger partial charge in [0.1, 0.15) is 6.54 Å². The van der Waals surface area contributed by atoms with Crippen LogP contribution in [-0.2, 0) is 11.3 Å². The van der Waals surface area contributed by atoms with E-state index in [9.17, 15) is 13.6 Å². The Kier molecular flexibility index (Phi) is 4.51. The average Bonchev–Trinajstić information content (AvgIpc) is 2.64. The van der Waals surface area contributed by atoms with Crippen LogP contribution in [0.25, 0.3) is 11.0 Å². The topological polar surface area (TPSA) is 46.9 Å². The van der Waals surface area contributed by atoms with Crippen molar-refractivity contribution in [2.75, 3.05) is 0 Å². The van der Waals surface area contributed by atoms with Crippen molar-refractivity contribution in [3.05, 3.63) is 24.3 Å². The third-order valence-electron chi connectivity index (χ3n) is 2.63. The SMILES string of the molecule is CC(C)(C)NC(=O)Cn1c(SC(F)F)nc2ccccc21. The number of alkyl halides is 2. The minimum Gasteiger partial charge on any atom is -0.350 e. The summed E-state index contributed by atoms with van der Waals surface area (Å²) in [6, 6.07) is 7.08. The van der Waals surface area contributed by atoms with Crippen LogP contribution in [0, 0.1) is 0 Å². The molecule has 21 heavy (non-hydrogen) atoms. The van der Waals surface area contributed by atoms with Crippen LogP contribution in [0.2, 0.25) is 0 Å². The smallest absolute Gasteiger partial charge is 0.291 e. The molecule has 0 aliphatic rings. The Hall–Kier alpha value is -1.63. The first kappa shape index (κ1) is 15.8. The van der Waals surface area contributed by atoms with Gasteiger partial charge >= 0.3 is 0 Å². The number of fused-ring (bicyclic) bond motifs is 1. The van der Waals surface area contributed by atoms with Crippen molar-refractivity contribution in [1.29, 1.82) is 0 Å². The van der Waals surface area contributed by atoms with Gasteiger partial charge in [0.25, 0.3) is 5.76 Å². The van der Waals surface area contributed by atoms with Crippen LogP contribution in [0.15, 0.2) is 29.4 Å². The van der Waals surface area contributed by atoms with Crippen molar-refractivity contribution < 1.29 is 13.6 Å². The number of rotatable bonds is 4. The number of aromatic nitrogens is 2. The van der Waals surface area contributed by atoms with Gasteiger partial charge < -0.3 is 9.88 Å². The molecule has 1 N–H and O–H groups in total. The molecule has 0 atom stereocenters. The maximum Gasteiger partial charge on any atom is 0.291 e. The zero-order valence-corrected chi connectivity index (χ0v) is 12.9. The Bertz CT molecular complexity index is 649. The standard InChI is InChI=1S/C14H17F2N3OS/c1-14(2,3)18-11(20)8-19-10-7-5-4-6-9(10)17-13(19)21-12(15)16/h4-7,12H,8H2,1-3H3,(H,18,20). The van der Waals surface area contributed by atoms with E-state index in [0.29, 0.717) is 22.8 Å². The molecular formula is C14H17F2N3OS. The van der Waals surface area contributed by atoms with Crippen molar-refractivity contribution in [1.82, 2.24) is 14.9 Å². The van der Waals surface area contributed by atoms with E-state index in [0.717, 1.165) is 0 Å². The normalized spacial score (nSPS) is 12.1. The van der Waals surface area contributed by atoms with Crippen LogP contribution in [0.4, 0.5) is 8.78 Å². The van der Waals surface area contributed by atoms with E-state index in [1.54, 1.807) is 24.3 Å². The molecule has 0 fully saturated rings. The first-order chi connectivity index (χ1) is 9.76. The number of benzene rings is 1. The molecule has 2 rings (SSSR count). The van der Waals surface area contributed by atoms with Crippen LogP contribution in [0.3, 0.4) is 0 Å². The molecule has 0 saturated heterocycles. The molecule has 0 aliphatic carbocycles. The number of hydrogen-bond donors (Lipinski definition) is 1. The van der Waals surface area contributed by atoms with E-state index >= 15 is 0 Å². The fraction of sp³-hybridized carbons (Fsp3) is 0.429. The van der Waals surface area contributed by atoms with Crippen molar-refractivity contribution >= 4 is 28.7 Å². The zero-order chi connectivity index (χ0) is 15.6. The molecule has 0 aliphatic heterocycles. The Labute approximate surface area is 125 Å². The second-order valence-corrected chi connectivity index (χ2v) is 6.60. The van der Waals surface area contributed by atoms with Gasteiger partial charge in [-0.1, -0.05) is 12.1 Å². The van der Waals surface area contributed by atoms with Gasteiger partial charge in [-0.2, -0.15) is 8.78 Å². The summed E-state index contributed by atoms with van der Waals surface area (Å²) in [5.74, 6) is -2.81. The van der Waals surface area contributed by atoms with Crippen LogP contribution in [-0.4, -0.2) is 26.8 Å². The van der Waals surface area contributed by atoms with Crippen LogP contribution in [0.5, 0.6) is 0 Å². The van der Waals surface area contributed by atoms with Crippen molar-refractivity contribution in [3.8, 4) is 0 Å². The van der Waals surface area contributed by atoms with Crippen molar-refractivity contribution in [2.45, 2.75) is 43.8 Å². The Morgan fingerprint density at radius 1 is 1.38 bits per heavy atom. The monoisotopic (exact) mass is 313 g/mol. The summed E-state index contributed by atoms with van der Waals surface area (Å²) in [5, 5.41) is 2.97. The molecule has 2 aromatic rings. The summed E-state index contributed by atoms with van der Waals surface area (Å²) in [4.78, 5) is 16.2. The summed E-state index contributed by atoms with van der Waals surface area (Å²) < 4.78 is 26.8. The molecule has 4 nitrogen and oxygen atoms in total. The lowest BCUT2D eigenvalue weighted by molar-refractivity contribution is -0.123. The van der Waals surface area contributed by atoms with Gasteiger partial charge in [0, 0.05) is 5.54 Å². The maximum atomic E-state index is 12.6. The summed E-state index contributed by atoms with van der Waals surface area (Å²) in [6.45, 7) is 5.57. The Balaban J connectivity index is 2.33. The molecule has 0 bridgehead atoms. The number of imidazole rings is 1. The third-order valence-corrected chi connectivity index (χ3v) is 3.33. The minimum atomic E-state index is -2.58. The number of nitrogens with zero attached hydrogens (tertiary/aromatic N) is 2. The highest BCUT2D eigenvalue weighted by molar-refractivity contribution is 7.99. The summed E-state index contributed by atoms with van der Waals surface area (Å²) in [6.07, 6.45) is 0. The van der Waals surface area contributed by atoms with E-state index < -0.39 is 5.76 Å². The number of carbonyl (C=O) groups is 1. The Morgan fingerprint density at radius 2 is 2.05 bits per heavy atom. The van der Waals surface area contributed by atoms with E-state index in [4.69, 9.17) is 0 Å². The molecule has 1 amide bonds. The van der Waals surface area contributed by atoms with E-state index in [2.05, 4.69) is 10.3 Å². The maximum absolute atomic E-state index is 12.6. The largest absolute Gasteiger partial charge is 0.350 e. The summed E-state index contributed by atoms with van der Waals surface area (Å²) in [5.41, 5.74) is 0.901. The number of carbonyl (C=O) groups excluding carboxylic acids is 1. The fourth-order valence-corrected chi connectivity index (χ4v) is 2.58. The number of thioether (sulfide) groups is 1. The number of hydrogen-bond acceptors (Lipinski definition) is 3. The number of nitrogens with one attached hydrogen (secondary N) is 1. The predicted octanol–water partition coefficient (Wildman–Crippen LogP) is 3.27. The molecule has 0 radical (unpaired) electrons. The highest BCUT2D eigenvalue weighted by Crippen LogP contribution is 2.28. The lowest BCUT2D eigenvalue weighted by Gasteiger charge is -2.21. The summed E-state index contributed by atoms with van der Waals surface area (Å²) >= 11 is 0.349. The number of halogens is 2. The molecule has 0 saturated carbocycles.